The molecule has 0 unspecified atom stereocenters. The molecule has 0 radical (unpaired) electrons. The third-order valence-electron chi connectivity index (χ3n) is 5.33. The number of halogens is 1. The smallest absolute Gasteiger partial charge is 0.286 e. The van der Waals surface area contributed by atoms with E-state index in [1.807, 2.05) is 30.3 Å². The highest BCUT2D eigenvalue weighted by molar-refractivity contribution is 8.26. The number of pyridine rings is 1. The Kier molecular flexibility index (Phi) is 5.91. The molecule has 34 heavy (non-hydrogen) atoms. The fourth-order valence-corrected chi connectivity index (χ4v) is 5.09. The third kappa shape index (κ3) is 3.98. The van der Waals surface area contributed by atoms with Gasteiger partial charge in [-0.3, -0.25) is 24.8 Å². The number of thiocarbonyl (C=S) groups is 1. The molecule has 10 heteroatoms. The summed E-state index contributed by atoms with van der Waals surface area (Å²) in [6.45, 7) is 0.315. The number of carbonyl (C=O) groups is 3. The molecule has 1 N–H and O–H groups in total. The molecule has 1 fully saturated rings. The molecule has 0 bridgehead atoms. The lowest BCUT2D eigenvalue weighted by atomic mass is 10.1. The quantitative estimate of drug-likeness (QED) is 0.422. The van der Waals surface area contributed by atoms with E-state index in [-0.39, 0.29) is 20.7 Å². The number of hydrogen-bond donors (Lipinski definition) is 1. The first-order valence-corrected chi connectivity index (χ1v) is 11.7. The summed E-state index contributed by atoms with van der Waals surface area (Å²) in [5, 5.41) is 1.61. The molecule has 0 spiro atoms. The minimum absolute atomic E-state index is 0.135. The van der Waals surface area contributed by atoms with Gasteiger partial charge in [0.2, 0.25) is 0 Å². The molecule has 0 atom stereocenters. The average molecular weight is 507 g/mol. The topological polar surface area (TPSA) is 82.6 Å². The van der Waals surface area contributed by atoms with Crippen LogP contribution in [0.1, 0.15) is 21.5 Å². The molecule has 0 saturated carbocycles. The molecule has 2 aliphatic rings. The molecule has 1 aromatic heterocycles. The maximum absolute atomic E-state index is 13.5. The summed E-state index contributed by atoms with van der Waals surface area (Å²) in [4.78, 5) is 45.1. The highest BCUT2D eigenvalue weighted by atomic mass is 35.5. The van der Waals surface area contributed by atoms with Gasteiger partial charge in [-0.1, -0.05) is 53.7 Å². The van der Waals surface area contributed by atoms with Gasteiger partial charge in [0.25, 0.3) is 17.7 Å². The molecule has 7 nitrogen and oxygen atoms in total. The normalized spacial score (nSPS) is 17.4. The fourth-order valence-electron chi connectivity index (χ4n) is 3.71. The number of nitrogens with one attached hydrogen (secondary N) is 1. The number of hydrogen-bond acceptors (Lipinski definition) is 6. The molecule has 168 valence electrons. The van der Waals surface area contributed by atoms with Crippen molar-refractivity contribution in [2.24, 2.45) is 0 Å². The maximum atomic E-state index is 13.5. The summed E-state index contributed by atoms with van der Waals surface area (Å²) in [6.07, 6.45) is 2.95. The van der Waals surface area contributed by atoms with Gasteiger partial charge in [0, 0.05) is 28.5 Å². The predicted octanol–water partition coefficient (Wildman–Crippen LogP) is 4.20. The Labute approximate surface area is 209 Å². The van der Waals surface area contributed by atoms with Gasteiger partial charge in [-0.2, -0.15) is 5.01 Å². The van der Waals surface area contributed by atoms with Crippen LogP contribution < -0.4 is 10.3 Å². The van der Waals surface area contributed by atoms with Gasteiger partial charge < -0.3 is 4.90 Å². The first-order valence-electron chi connectivity index (χ1n) is 10.1. The van der Waals surface area contributed by atoms with Crippen molar-refractivity contribution in [1.82, 2.24) is 15.4 Å². The Balaban J connectivity index is 1.48. The number of benzene rings is 2. The first-order chi connectivity index (χ1) is 16.4. The minimum atomic E-state index is -0.552. The summed E-state index contributed by atoms with van der Waals surface area (Å²) in [6, 6.07) is 17.6. The van der Waals surface area contributed by atoms with Crippen LogP contribution >= 0.6 is 35.6 Å². The van der Waals surface area contributed by atoms with Gasteiger partial charge in [-0.25, -0.2) is 0 Å². The van der Waals surface area contributed by atoms with E-state index in [2.05, 4.69) is 10.4 Å². The van der Waals surface area contributed by atoms with Gasteiger partial charge in [0.05, 0.1) is 22.7 Å². The standard InChI is InChI=1S/C24H15ClN4O3S2/c25-16-7-5-14(6-8-16)13-28-18-4-2-1-3-17(18)19(22(28)31)20-23(32)29(24(33)34-20)27-21(30)15-9-11-26-12-10-15/h1-12H,13H2,(H,27,30)/b20-19-. The number of rotatable bonds is 4. The number of aromatic nitrogens is 1. The molecule has 1 saturated heterocycles. The Hall–Kier alpha value is -3.53. The number of para-hydroxylation sites is 1. The number of hydrazine groups is 1. The van der Waals surface area contributed by atoms with Crippen LogP contribution in [0.25, 0.3) is 5.57 Å². The lowest BCUT2D eigenvalue weighted by molar-refractivity contribution is -0.124. The summed E-state index contributed by atoms with van der Waals surface area (Å²) in [5.74, 6) is -1.37. The molecule has 3 amide bonds. The SMILES string of the molecule is O=C(NN1C(=O)/C(=C2/C(=O)N(Cc3ccc(Cl)cc3)c3ccccc32)SC1=S)c1ccncc1. The lowest BCUT2D eigenvalue weighted by Gasteiger charge is -2.17. The van der Waals surface area contributed by atoms with E-state index in [0.29, 0.717) is 28.4 Å². The number of anilines is 1. The first kappa shape index (κ1) is 22.3. The summed E-state index contributed by atoms with van der Waals surface area (Å²) >= 11 is 12.3. The zero-order chi connectivity index (χ0) is 23.8. The third-order valence-corrected chi connectivity index (χ3v) is 6.95. The Morgan fingerprint density at radius 1 is 1.00 bits per heavy atom. The lowest BCUT2D eigenvalue weighted by Crippen LogP contribution is -2.45. The van der Waals surface area contributed by atoms with E-state index in [0.717, 1.165) is 22.3 Å². The van der Waals surface area contributed by atoms with Crippen molar-refractivity contribution < 1.29 is 14.4 Å². The van der Waals surface area contributed by atoms with Crippen LogP contribution in [0.3, 0.4) is 0 Å². The van der Waals surface area contributed by atoms with Crippen LogP contribution in [0.4, 0.5) is 5.69 Å². The second-order valence-corrected chi connectivity index (χ2v) is 9.51. The largest absolute Gasteiger partial charge is 0.303 e. The molecule has 2 aromatic carbocycles. The second kappa shape index (κ2) is 9.02. The van der Waals surface area contributed by atoms with Crippen LogP contribution in [0.5, 0.6) is 0 Å². The van der Waals surface area contributed by atoms with E-state index < -0.39 is 11.8 Å². The minimum Gasteiger partial charge on any atom is -0.303 e. The Morgan fingerprint density at radius 2 is 1.71 bits per heavy atom. The number of nitrogens with zero attached hydrogens (tertiary/aromatic N) is 3. The molecular weight excluding hydrogens is 492 g/mol. The second-order valence-electron chi connectivity index (χ2n) is 7.42. The van der Waals surface area contributed by atoms with Crippen LogP contribution in [-0.2, 0) is 16.1 Å². The zero-order valence-electron chi connectivity index (χ0n) is 17.4. The van der Waals surface area contributed by atoms with E-state index in [9.17, 15) is 14.4 Å². The highest BCUT2D eigenvalue weighted by Crippen LogP contribution is 2.44. The van der Waals surface area contributed by atoms with Crippen molar-refractivity contribution >= 4 is 68.9 Å². The molecule has 3 heterocycles. The number of carbonyl (C=O) groups excluding carboxylic acids is 3. The van der Waals surface area contributed by atoms with E-state index in [4.69, 9.17) is 23.8 Å². The van der Waals surface area contributed by atoms with Crippen molar-refractivity contribution in [2.45, 2.75) is 6.54 Å². The molecule has 2 aliphatic heterocycles. The summed E-state index contributed by atoms with van der Waals surface area (Å²) in [5.41, 5.74) is 5.35. The van der Waals surface area contributed by atoms with Gasteiger partial charge in [-0.05, 0) is 48.1 Å². The summed E-state index contributed by atoms with van der Waals surface area (Å²) < 4.78 is 0.135. The van der Waals surface area contributed by atoms with Crippen molar-refractivity contribution in [3.8, 4) is 0 Å². The molecule has 3 aromatic rings. The molecule has 5 rings (SSSR count). The van der Waals surface area contributed by atoms with Crippen LogP contribution in [0, 0.1) is 0 Å². The number of fused-ring (bicyclic) bond motifs is 1. The van der Waals surface area contributed by atoms with E-state index >= 15 is 0 Å². The van der Waals surface area contributed by atoms with Crippen LogP contribution in [-0.4, -0.2) is 32.0 Å². The van der Waals surface area contributed by atoms with Gasteiger partial charge in [0.15, 0.2) is 4.32 Å². The van der Waals surface area contributed by atoms with Gasteiger partial charge in [0.1, 0.15) is 0 Å². The van der Waals surface area contributed by atoms with Crippen molar-refractivity contribution in [1.29, 1.82) is 0 Å². The Bertz CT molecular complexity index is 1380. The maximum Gasteiger partial charge on any atom is 0.286 e. The number of thioether (sulfide) groups is 1. The van der Waals surface area contributed by atoms with Crippen LogP contribution in [0.15, 0.2) is 78.0 Å². The van der Waals surface area contributed by atoms with Crippen molar-refractivity contribution in [3.05, 3.63) is 99.7 Å². The molecular formula is C24H15ClN4O3S2. The van der Waals surface area contributed by atoms with Gasteiger partial charge in [-0.15, -0.1) is 0 Å². The summed E-state index contributed by atoms with van der Waals surface area (Å²) in [7, 11) is 0. The van der Waals surface area contributed by atoms with Crippen molar-refractivity contribution in [3.63, 3.8) is 0 Å². The van der Waals surface area contributed by atoms with E-state index in [1.54, 1.807) is 23.1 Å². The van der Waals surface area contributed by atoms with Crippen LogP contribution in [0.2, 0.25) is 5.02 Å². The van der Waals surface area contributed by atoms with E-state index in [1.165, 1.54) is 24.5 Å². The number of amides is 3. The highest BCUT2D eigenvalue weighted by Gasteiger charge is 2.42. The fraction of sp³-hybridized carbons (Fsp3) is 0.0417. The van der Waals surface area contributed by atoms with Gasteiger partial charge >= 0.3 is 0 Å². The Morgan fingerprint density at radius 3 is 2.44 bits per heavy atom. The average Bonchev–Trinajstić information content (AvgIpc) is 3.28. The predicted molar refractivity (Wildman–Crippen MR) is 135 cm³/mol. The monoisotopic (exact) mass is 506 g/mol. The molecule has 0 aliphatic carbocycles. The zero-order valence-corrected chi connectivity index (χ0v) is 19.8. The van der Waals surface area contributed by atoms with Crippen molar-refractivity contribution in [2.75, 3.05) is 4.90 Å².